The van der Waals surface area contributed by atoms with Crippen molar-refractivity contribution in [1.29, 1.82) is 0 Å². The van der Waals surface area contributed by atoms with Crippen LogP contribution in [-0.2, 0) is 4.74 Å². The molecule has 0 unspecified atom stereocenters. The van der Waals surface area contributed by atoms with Gasteiger partial charge in [0.1, 0.15) is 5.75 Å². The third kappa shape index (κ3) is 5.44. The molecule has 164 valence electrons. The molecule has 0 saturated carbocycles. The maximum atomic E-state index is 13.0. The van der Waals surface area contributed by atoms with Gasteiger partial charge in [-0.3, -0.25) is 9.59 Å². The smallest absolute Gasteiger partial charge is 0.340 e. The molecule has 0 radical (unpaired) electrons. The van der Waals surface area contributed by atoms with Crippen LogP contribution in [0.5, 0.6) is 5.75 Å². The summed E-state index contributed by atoms with van der Waals surface area (Å²) in [5.74, 6) is -0.888. The van der Waals surface area contributed by atoms with Crippen molar-refractivity contribution in [2.24, 2.45) is 0 Å². The second-order valence-electron chi connectivity index (χ2n) is 6.59. The zero-order valence-electron chi connectivity index (χ0n) is 17.5. The van der Waals surface area contributed by atoms with Crippen LogP contribution in [-0.4, -0.2) is 31.5 Å². The molecule has 0 spiro atoms. The molecule has 3 rings (SSSR count). The Morgan fingerprint density at radius 2 is 1.50 bits per heavy atom. The molecule has 0 aliphatic heterocycles. The number of hydrogen-bond donors (Lipinski definition) is 2. The van der Waals surface area contributed by atoms with Gasteiger partial charge in [-0.15, -0.1) is 0 Å². The van der Waals surface area contributed by atoms with Crippen molar-refractivity contribution in [2.75, 3.05) is 24.4 Å². The zero-order valence-corrected chi connectivity index (χ0v) is 18.2. The highest BCUT2D eigenvalue weighted by molar-refractivity contribution is 6.31. The summed E-state index contributed by atoms with van der Waals surface area (Å²) in [5.41, 5.74) is 1.29. The molecule has 0 aromatic heterocycles. The van der Waals surface area contributed by atoms with E-state index in [1.807, 2.05) is 0 Å². The number of esters is 1. The summed E-state index contributed by atoms with van der Waals surface area (Å²) in [6.07, 6.45) is 0. The number of methoxy groups -OCH3 is 1. The highest BCUT2D eigenvalue weighted by Crippen LogP contribution is 2.24. The van der Waals surface area contributed by atoms with Gasteiger partial charge < -0.3 is 20.1 Å². The Hall–Kier alpha value is -3.84. The van der Waals surface area contributed by atoms with Crippen molar-refractivity contribution in [2.45, 2.75) is 6.92 Å². The molecule has 0 aliphatic carbocycles. The molecule has 2 amide bonds. The zero-order chi connectivity index (χ0) is 23.1. The monoisotopic (exact) mass is 452 g/mol. The van der Waals surface area contributed by atoms with Gasteiger partial charge in [0, 0.05) is 10.6 Å². The van der Waals surface area contributed by atoms with E-state index in [1.54, 1.807) is 61.5 Å². The minimum absolute atomic E-state index is 0.137. The summed E-state index contributed by atoms with van der Waals surface area (Å²) < 4.78 is 10.1. The standard InChI is InChI=1S/C24H21ClN2O5/c1-3-32-24(30)18-6-4-5-7-20(18)27-23(29)19-14-16(25)10-13-21(19)26-22(28)15-8-11-17(31-2)12-9-15/h4-14H,3H2,1-2H3,(H,26,28)(H,27,29). The summed E-state index contributed by atoms with van der Waals surface area (Å²) in [5, 5.41) is 5.74. The summed E-state index contributed by atoms with van der Waals surface area (Å²) in [6.45, 7) is 1.90. The Bertz CT molecular complexity index is 1150. The first-order valence-electron chi connectivity index (χ1n) is 9.75. The van der Waals surface area contributed by atoms with Crippen molar-refractivity contribution in [3.8, 4) is 5.75 Å². The van der Waals surface area contributed by atoms with Gasteiger partial charge >= 0.3 is 5.97 Å². The number of anilines is 2. The second-order valence-corrected chi connectivity index (χ2v) is 7.03. The van der Waals surface area contributed by atoms with Gasteiger partial charge in [0.2, 0.25) is 0 Å². The van der Waals surface area contributed by atoms with E-state index in [2.05, 4.69) is 10.6 Å². The van der Waals surface area contributed by atoms with Gasteiger partial charge in [-0.05, 0) is 61.5 Å². The van der Waals surface area contributed by atoms with Crippen molar-refractivity contribution in [3.63, 3.8) is 0 Å². The lowest BCUT2D eigenvalue weighted by atomic mass is 10.1. The lowest BCUT2D eigenvalue weighted by Gasteiger charge is -2.14. The SMILES string of the molecule is CCOC(=O)c1ccccc1NC(=O)c1cc(Cl)ccc1NC(=O)c1ccc(OC)cc1. The Balaban J connectivity index is 1.86. The summed E-state index contributed by atoms with van der Waals surface area (Å²) in [7, 11) is 1.54. The number of benzene rings is 3. The number of ether oxygens (including phenoxy) is 2. The number of hydrogen-bond acceptors (Lipinski definition) is 5. The van der Waals surface area contributed by atoms with Crippen LogP contribution in [0.2, 0.25) is 5.02 Å². The van der Waals surface area contributed by atoms with E-state index in [-0.39, 0.29) is 29.1 Å². The Morgan fingerprint density at radius 1 is 0.844 bits per heavy atom. The van der Waals surface area contributed by atoms with E-state index < -0.39 is 17.8 Å². The minimum Gasteiger partial charge on any atom is -0.497 e. The van der Waals surface area contributed by atoms with Gasteiger partial charge in [-0.1, -0.05) is 23.7 Å². The van der Waals surface area contributed by atoms with E-state index >= 15 is 0 Å². The van der Waals surface area contributed by atoms with Gasteiger partial charge in [-0.2, -0.15) is 0 Å². The van der Waals surface area contributed by atoms with Gasteiger partial charge in [-0.25, -0.2) is 4.79 Å². The first-order valence-corrected chi connectivity index (χ1v) is 10.1. The van der Waals surface area contributed by atoms with E-state index in [0.29, 0.717) is 16.3 Å². The highest BCUT2D eigenvalue weighted by atomic mass is 35.5. The van der Waals surface area contributed by atoms with Crippen LogP contribution >= 0.6 is 11.6 Å². The van der Waals surface area contributed by atoms with Crippen LogP contribution in [0.1, 0.15) is 38.0 Å². The number of rotatable bonds is 7. The quantitative estimate of drug-likeness (QED) is 0.490. The Labute approximate surface area is 190 Å². The molecule has 3 aromatic rings. The molecular formula is C24H21ClN2O5. The molecule has 0 fully saturated rings. The van der Waals surface area contributed by atoms with E-state index in [0.717, 1.165) is 0 Å². The lowest BCUT2D eigenvalue weighted by Crippen LogP contribution is -2.19. The van der Waals surface area contributed by atoms with E-state index in [9.17, 15) is 14.4 Å². The van der Waals surface area contributed by atoms with Crippen LogP contribution in [0.3, 0.4) is 0 Å². The molecule has 0 bridgehead atoms. The van der Waals surface area contributed by atoms with Crippen LogP contribution in [0.4, 0.5) is 11.4 Å². The van der Waals surface area contributed by atoms with Crippen molar-refractivity contribution in [1.82, 2.24) is 0 Å². The van der Waals surface area contributed by atoms with E-state index in [4.69, 9.17) is 21.1 Å². The van der Waals surface area contributed by atoms with Crippen LogP contribution in [0.25, 0.3) is 0 Å². The molecule has 0 saturated heterocycles. The van der Waals surface area contributed by atoms with Crippen molar-refractivity contribution >= 4 is 40.8 Å². The van der Waals surface area contributed by atoms with Gasteiger partial charge in [0.15, 0.2) is 0 Å². The van der Waals surface area contributed by atoms with Crippen molar-refractivity contribution < 1.29 is 23.9 Å². The Morgan fingerprint density at radius 3 is 2.19 bits per heavy atom. The third-order valence-electron chi connectivity index (χ3n) is 4.50. The van der Waals surface area contributed by atoms with Crippen LogP contribution in [0.15, 0.2) is 66.7 Å². The number of carbonyl (C=O) groups is 3. The number of nitrogens with one attached hydrogen (secondary N) is 2. The fourth-order valence-corrected chi connectivity index (χ4v) is 3.09. The average molecular weight is 453 g/mol. The normalized spacial score (nSPS) is 10.2. The number of amides is 2. The Kier molecular flexibility index (Phi) is 7.46. The maximum absolute atomic E-state index is 13.0. The number of carbonyl (C=O) groups excluding carboxylic acids is 3. The largest absolute Gasteiger partial charge is 0.497 e. The summed E-state index contributed by atoms with van der Waals surface area (Å²) >= 11 is 6.09. The van der Waals surface area contributed by atoms with Crippen LogP contribution < -0.4 is 15.4 Å². The lowest BCUT2D eigenvalue weighted by molar-refractivity contribution is 0.0527. The molecule has 7 nitrogen and oxygen atoms in total. The van der Waals surface area contributed by atoms with Gasteiger partial charge in [0.05, 0.1) is 36.2 Å². The van der Waals surface area contributed by atoms with Gasteiger partial charge in [0.25, 0.3) is 11.8 Å². The summed E-state index contributed by atoms with van der Waals surface area (Å²) in [4.78, 5) is 37.9. The molecule has 0 heterocycles. The molecule has 0 atom stereocenters. The molecule has 8 heteroatoms. The average Bonchev–Trinajstić information content (AvgIpc) is 2.80. The predicted molar refractivity (Wildman–Crippen MR) is 123 cm³/mol. The number of para-hydroxylation sites is 1. The molecule has 0 aliphatic rings. The minimum atomic E-state index is -0.553. The highest BCUT2D eigenvalue weighted by Gasteiger charge is 2.19. The van der Waals surface area contributed by atoms with Crippen molar-refractivity contribution in [3.05, 3.63) is 88.4 Å². The molecule has 32 heavy (non-hydrogen) atoms. The first-order chi connectivity index (χ1) is 15.4. The fourth-order valence-electron chi connectivity index (χ4n) is 2.92. The first kappa shape index (κ1) is 22.8. The predicted octanol–water partition coefficient (Wildman–Crippen LogP) is 5.03. The molecule has 3 aromatic carbocycles. The van der Waals surface area contributed by atoms with E-state index in [1.165, 1.54) is 19.2 Å². The number of halogens is 1. The second kappa shape index (κ2) is 10.5. The summed E-state index contributed by atoms with van der Waals surface area (Å²) in [6, 6.07) is 17.6. The van der Waals surface area contributed by atoms with Crippen LogP contribution in [0, 0.1) is 0 Å². The topological polar surface area (TPSA) is 93.7 Å². The fraction of sp³-hybridized carbons (Fsp3) is 0.125. The maximum Gasteiger partial charge on any atom is 0.340 e. The molecule has 2 N–H and O–H groups in total. The third-order valence-corrected chi connectivity index (χ3v) is 4.73. The molecular weight excluding hydrogens is 432 g/mol.